The van der Waals surface area contributed by atoms with Crippen LogP contribution in [0.4, 0.5) is 0 Å². The van der Waals surface area contributed by atoms with Gasteiger partial charge in [0.15, 0.2) is 5.96 Å². The van der Waals surface area contributed by atoms with E-state index >= 15 is 0 Å². The number of fused-ring (bicyclic) bond motifs is 1. The van der Waals surface area contributed by atoms with Gasteiger partial charge in [-0.05, 0) is 38.8 Å². The van der Waals surface area contributed by atoms with Gasteiger partial charge in [0, 0.05) is 42.8 Å². The van der Waals surface area contributed by atoms with Crippen LogP contribution in [0.25, 0.3) is 10.9 Å². The van der Waals surface area contributed by atoms with Gasteiger partial charge >= 0.3 is 0 Å². The fourth-order valence-corrected chi connectivity index (χ4v) is 2.78. The molecule has 0 saturated heterocycles. The van der Waals surface area contributed by atoms with Crippen molar-refractivity contribution in [1.82, 2.24) is 15.6 Å². The number of H-pyrrole nitrogens is 1. The van der Waals surface area contributed by atoms with Gasteiger partial charge in [0.2, 0.25) is 0 Å². The van der Waals surface area contributed by atoms with Crippen LogP contribution in [-0.4, -0.2) is 43.8 Å². The number of hydrogen-bond donors (Lipinski definition) is 3. The van der Waals surface area contributed by atoms with E-state index in [2.05, 4.69) is 65.6 Å². The SMILES string of the molecule is CCNC(=NCCc1c(C)[nH]c2ccccc12)NC(C)COC.I. The molecular formula is C18H29IN4O. The molecule has 1 aromatic carbocycles. The number of aryl methyl sites for hydroxylation is 1. The predicted molar refractivity (Wildman–Crippen MR) is 113 cm³/mol. The number of guanidine groups is 1. The molecule has 0 aliphatic carbocycles. The largest absolute Gasteiger partial charge is 0.383 e. The van der Waals surface area contributed by atoms with Crippen molar-refractivity contribution in [2.24, 2.45) is 4.99 Å². The van der Waals surface area contributed by atoms with Crippen LogP contribution in [0.2, 0.25) is 0 Å². The van der Waals surface area contributed by atoms with Gasteiger partial charge in [0.25, 0.3) is 0 Å². The van der Waals surface area contributed by atoms with E-state index in [1.807, 2.05) is 0 Å². The van der Waals surface area contributed by atoms with Crippen molar-refractivity contribution in [3.8, 4) is 0 Å². The lowest BCUT2D eigenvalue weighted by Gasteiger charge is -2.17. The van der Waals surface area contributed by atoms with E-state index in [-0.39, 0.29) is 30.0 Å². The first-order chi connectivity index (χ1) is 11.2. The number of benzene rings is 1. The summed E-state index contributed by atoms with van der Waals surface area (Å²) in [6, 6.07) is 8.66. The van der Waals surface area contributed by atoms with E-state index in [4.69, 9.17) is 4.74 Å². The van der Waals surface area contributed by atoms with Gasteiger partial charge in [0.05, 0.1) is 6.61 Å². The highest BCUT2D eigenvalue weighted by atomic mass is 127. The molecule has 6 heteroatoms. The molecule has 1 heterocycles. The molecule has 5 nitrogen and oxygen atoms in total. The Balaban J connectivity index is 0.00000288. The van der Waals surface area contributed by atoms with Crippen molar-refractivity contribution < 1.29 is 4.74 Å². The number of aromatic amines is 1. The van der Waals surface area contributed by atoms with Crippen LogP contribution < -0.4 is 10.6 Å². The summed E-state index contributed by atoms with van der Waals surface area (Å²) in [4.78, 5) is 8.13. The number of halogens is 1. The average Bonchev–Trinajstić information content (AvgIpc) is 2.83. The zero-order valence-electron chi connectivity index (χ0n) is 15.0. The maximum atomic E-state index is 5.16. The third kappa shape index (κ3) is 5.66. The van der Waals surface area contributed by atoms with Crippen LogP contribution in [0.5, 0.6) is 0 Å². The minimum atomic E-state index is 0. The first kappa shape index (κ1) is 20.8. The number of aliphatic imine (C=N–C) groups is 1. The number of rotatable bonds is 7. The Labute approximate surface area is 161 Å². The molecule has 0 amide bonds. The lowest BCUT2D eigenvalue weighted by Crippen LogP contribution is -2.44. The summed E-state index contributed by atoms with van der Waals surface area (Å²) >= 11 is 0. The molecule has 0 radical (unpaired) electrons. The second-order valence-corrected chi connectivity index (χ2v) is 5.79. The van der Waals surface area contributed by atoms with Crippen molar-refractivity contribution in [2.75, 3.05) is 26.8 Å². The molecule has 134 valence electrons. The second-order valence-electron chi connectivity index (χ2n) is 5.79. The minimum Gasteiger partial charge on any atom is -0.383 e. The molecule has 2 rings (SSSR count). The molecule has 1 unspecified atom stereocenters. The smallest absolute Gasteiger partial charge is 0.191 e. The van der Waals surface area contributed by atoms with Crippen LogP contribution in [0.3, 0.4) is 0 Å². The van der Waals surface area contributed by atoms with Gasteiger partial charge in [-0.2, -0.15) is 0 Å². The van der Waals surface area contributed by atoms with E-state index in [0.717, 1.165) is 25.5 Å². The number of methoxy groups -OCH3 is 1. The summed E-state index contributed by atoms with van der Waals surface area (Å²) in [6.07, 6.45) is 0.922. The number of nitrogens with zero attached hydrogens (tertiary/aromatic N) is 1. The Morgan fingerprint density at radius 3 is 2.79 bits per heavy atom. The summed E-state index contributed by atoms with van der Waals surface area (Å²) in [7, 11) is 1.71. The van der Waals surface area contributed by atoms with Crippen molar-refractivity contribution in [3.63, 3.8) is 0 Å². The molecule has 0 fully saturated rings. The predicted octanol–water partition coefficient (Wildman–Crippen LogP) is 3.23. The maximum Gasteiger partial charge on any atom is 0.191 e. The van der Waals surface area contributed by atoms with E-state index in [0.29, 0.717) is 6.61 Å². The standard InChI is InChI=1S/C18H28N4O.HI/c1-5-19-18(21-13(2)12-23-4)20-11-10-15-14(3)22-17-9-7-6-8-16(15)17;/h6-9,13,22H,5,10-12H2,1-4H3,(H2,19,20,21);1H. The first-order valence-corrected chi connectivity index (χ1v) is 8.25. The normalized spacial score (nSPS) is 12.8. The molecule has 0 bridgehead atoms. The van der Waals surface area contributed by atoms with Gasteiger partial charge in [-0.3, -0.25) is 4.99 Å². The average molecular weight is 444 g/mol. The van der Waals surface area contributed by atoms with Gasteiger partial charge in [0.1, 0.15) is 0 Å². The van der Waals surface area contributed by atoms with Crippen LogP contribution in [0, 0.1) is 6.92 Å². The molecule has 0 aliphatic rings. The Kier molecular flexibility index (Phi) is 9.13. The maximum absolute atomic E-state index is 5.16. The molecule has 24 heavy (non-hydrogen) atoms. The quantitative estimate of drug-likeness (QED) is 0.349. The molecule has 2 aromatic rings. The van der Waals surface area contributed by atoms with E-state index in [1.165, 1.54) is 22.2 Å². The summed E-state index contributed by atoms with van der Waals surface area (Å²) in [5, 5.41) is 7.93. The summed E-state index contributed by atoms with van der Waals surface area (Å²) < 4.78 is 5.16. The first-order valence-electron chi connectivity index (χ1n) is 8.25. The summed E-state index contributed by atoms with van der Waals surface area (Å²) in [5.74, 6) is 0.842. The van der Waals surface area contributed by atoms with Gasteiger partial charge in [-0.15, -0.1) is 24.0 Å². The van der Waals surface area contributed by atoms with E-state index in [1.54, 1.807) is 7.11 Å². The molecule has 3 N–H and O–H groups in total. The van der Waals surface area contributed by atoms with Crippen LogP contribution in [0.15, 0.2) is 29.3 Å². The third-order valence-corrected chi connectivity index (χ3v) is 3.80. The molecule has 0 spiro atoms. The highest BCUT2D eigenvalue weighted by molar-refractivity contribution is 14.0. The lowest BCUT2D eigenvalue weighted by molar-refractivity contribution is 0.179. The number of para-hydroxylation sites is 1. The Hall–Kier alpha value is -1.28. The minimum absolute atomic E-state index is 0. The van der Waals surface area contributed by atoms with Crippen LogP contribution in [-0.2, 0) is 11.2 Å². The fourth-order valence-electron chi connectivity index (χ4n) is 2.78. The third-order valence-electron chi connectivity index (χ3n) is 3.80. The van der Waals surface area contributed by atoms with Crippen LogP contribution in [0.1, 0.15) is 25.1 Å². The van der Waals surface area contributed by atoms with Crippen molar-refractivity contribution in [2.45, 2.75) is 33.2 Å². The lowest BCUT2D eigenvalue weighted by atomic mass is 10.1. The van der Waals surface area contributed by atoms with Crippen molar-refractivity contribution >= 4 is 40.8 Å². The van der Waals surface area contributed by atoms with Gasteiger partial charge < -0.3 is 20.4 Å². The van der Waals surface area contributed by atoms with E-state index < -0.39 is 0 Å². The number of nitrogens with one attached hydrogen (secondary N) is 3. The molecule has 1 atom stereocenters. The molecule has 0 saturated carbocycles. The van der Waals surface area contributed by atoms with Crippen molar-refractivity contribution in [1.29, 1.82) is 0 Å². The van der Waals surface area contributed by atoms with Crippen molar-refractivity contribution in [3.05, 3.63) is 35.5 Å². The summed E-state index contributed by atoms with van der Waals surface area (Å²) in [5.41, 5.74) is 3.78. The number of hydrogen-bond acceptors (Lipinski definition) is 2. The van der Waals surface area contributed by atoms with Crippen LogP contribution >= 0.6 is 24.0 Å². The molecular weight excluding hydrogens is 415 g/mol. The highest BCUT2D eigenvalue weighted by Crippen LogP contribution is 2.22. The number of ether oxygens (including phenoxy) is 1. The molecule has 0 aliphatic heterocycles. The van der Waals surface area contributed by atoms with E-state index in [9.17, 15) is 0 Å². The zero-order valence-corrected chi connectivity index (χ0v) is 17.3. The monoisotopic (exact) mass is 444 g/mol. The summed E-state index contributed by atoms with van der Waals surface area (Å²) in [6.45, 7) is 8.53. The number of aromatic nitrogens is 1. The second kappa shape index (κ2) is 10.6. The highest BCUT2D eigenvalue weighted by Gasteiger charge is 2.08. The Morgan fingerprint density at radius 2 is 2.08 bits per heavy atom. The Morgan fingerprint density at radius 1 is 1.33 bits per heavy atom. The fraction of sp³-hybridized carbons (Fsp3) is 0.500. The Bertz CT molecular complexity index is 654. The zero-order chi connectivity index (χ0) is 16.7. The topological polar surface area (TPSA) is 61.4 Å². The molecule has 1 aromatic heterocycles. The van der Waals surface area contributed by atoms with Gasteiger partial charge in [-0.25, -0.2) is 0 Å². The van der Waals surface area contributed by atoms with Gasteiger partial charge in [-0.1, -0.05) is 18.2 Å².